The number of halogens is 1. The van der Waals surface area contributed by atoms with Crippen molar-refractivity contribution < 1.29 is 9.84 Å². The average molecular weight is 485 g/mol. The first-order chi connectivity index (χ1) is 16.2. The second-order valence-corrected chi connectivity index (χ2v) is 9.59. The molecular formula is C27H37ClN4O2. The standard InChI is InChI=1S/C27H36N4O2.ClH/c1-2-3-22-16-24-26(29-21-8-10-23(32)11-9-21)25(17-28-27(24)30-22)20-6-4-19(5-7-20)18-31-12-14-33-15-13-31;/h4-7,16-17,21,23,32H,2-3,8-15,18H2,1H3,(H2,28,29,30);1H/t21-,23-;. The number of rotatable bonds is 7. The fourth-order valence-corrected chi connectivity index (χ4v) is 5.14. The molecule has 0 bridgehead atoms. The van der Waals surface area contributed by atoms with Crippen LogP contribution in [0.4, 0.5) is 5.69 Å². The number of benzene rings is 1. The number of pyridine rings is 1. The summed E-state index contributed by atoms with van der Waals surface area (Å²) in [6.07, 6.45) is 7.71. The fourth-order valence-electron chi connectivity index (χ4n) is 5.14. The number of nitrogens with one attached hydrogen (secondary N) is 2. The predicted molar refractivity (Wildman–Crippen MR) is 141 cm³/mol. The van der Waals surface area contributed by atoms with Gasteiger partial charge in [0.15, 0.2) is 0 Å². The smallest absolute Gasteiger partial charge is 0.139 e. The average Bonchev–Trinajstić information content (AvgIpc) is 3.25. The molecule has 34 heavy (non-hydrogen) atoms. The summed E-state index contributed by atoms with van der Waals surface area (Å²) in [5.41, 5.74) is 7.02. The van der Waals surface area contributed by atoms with Gasteiger partial charge in [-0.2, -0.15) is 0 Å². The van der Waals surface area contributed by atoms with Crippen LogP contribution in [0.1, 0.15) is 50.3 Å². The molecule has 0 atom stereocenters. The maximum Gasteiger partial charge on any atom is 0.139 e. The second-order valence-electron chi connectivity index (χ2n) is 9.59. The zero-order chi connectivity index (χ0) is 22.6. The summed E-state index contributed by atoms with van der Waals surface area (Å²) in [6.45, 7) is 6.82. The molecule has 0 amide bonds. The largest absolute Gasteiger partial charge is 0.393 e. The Kier molecular flexibility index (Phi) is 8.48. The van der Waals surface area contributed by atoms with Gasteiger partial charge in [-0.15, -0.1) is 12.4 Å². The van der Waals surface area contributed by atoms with Gasteiger partial charge in [-0.25, -0.2) is 4.98 Å². The lowest BCUT2D eigenvalue weighted by Gasteiger charge is -2.28. The highest BCUT2D eigenvalue weighted by Crippen LogP contribution is 2.36. The minimum atomic E-state index is -0.151. The van der Waals surface area contributed by atoms with Crippen LogP contribution in [0.2, 0.25) is 0 Å². The summed E-state index contributed by atoms with van der Waals surface area (Å²) in [5.74, 6) is 0. The van der Waals surface area contributed by atoms with Crippen molar-refractivity contribution >= 4 is 29.1 Å². The maximum absolute atomic E-state index is 9.95. The number of aliphatic hydroxyl groups excluding tert-OH is 1. The number of aromatic nitrogens is 2. The van der Waals surface area contributed by atoms with Gasteiger partial charge in [-0.1, -0.05) is 37.6 Å². The minimum absolute atomic E-state index is 0. The van der Waals surface area contributed by atoms with Crippen LogP contribution >= 0.6 is 12.4 Å². The van der Waals surface area contributed by atoms with E-state index in [0.717, 1.165) is 82.6 Å². The van der Waals surface area contributed by atoms with Crippen LogP contribution in [0.3, 0.4) is 0 Å². The molecule has 1 saturated heterocycles. The van der Waals surface area contributed by atoms with E-state index in [-0.39, 0.29) is 18.5 Å². The van der Waals surface area contributed by atoms with Crippen molar-refractivity contribution in [2.75, 3.05) is 31.6 Å². The summed E-state index contributed by atoms with van der Waals surface area (Å²) in [5, 5.41) is 15.0. The molecule has 1 aliphatic heterocycles. The molecule has 3 N–H and O–H groups in total. The Morgan fingerprint density at radius 3 is 2.56 bits per heavy atom. The first-order valence-electron chi connectivity index (χ1n) is 12.5. The van der Waals surface area contributed by atoms with Crippen molar-refractivity contribution in [3.8, 4) is 11.1 Å². The van der Waals surface area contributed by atoms with Gasteiger partial charge in [0.2, 0.25) is 0 Å². The van der Waals surface area contributed by atoms with Gasteiger partial charge in [-0.05, 0) is 49.3 Å². The Balaban J connectivity index is 0.00000274. The molecule has 2 fully saturated rings. The van der Waals surface area contributed by atoms with E-state index >= 15 is 0 Å². The Morgan fingerprint density at radius 1 is 1.12 bits per heavy atom. The van der Waals surface area contributed by atoms with Crippen molar-refractivity contribution in [2.24, 2.45) is 0 Å². The number of hydrogen-bond acceptors (Lipinski definition) is 5. The van der Waals surface area contributed by atoms with Crippen molar-refractivity contribution in [3.05, 3.63) is 47.8 Å². The molecule has 6 nitrogen and oxygen atoms in total. The Bertz CT molecular complexity index is 1050. The number of aryl methyl sites for hydroxylation is 1. The van der Waals surface area contributed by atoms with Crippen molar-refractivity contribution in [3.63, 3.8) is 0 Å². The minimum Gasteiger partial charge on any atom is -0.393 e. The summed E-state index contributed by atoms with van der Waals surface area (Å²) in [6, 6.07) is 11.6. The summed E-state index contributed by atoms with van der Waals surface area (Å²) >= 11 is 0. The monoisotopic (exact) mass is 484 g/mol. The molecule has 2 aromatic heterocycles. The quantitative estimate of drug-likeness (QED) is 0.432. The van der Waals surface area contributed by atoms with Gasteiger partial charge < -0.3 is 20.1 Å². The Morgan fingerprint density at radius 2 is 1.85 bits per heavy atom. The van der Waals surface area contributed by atoms with E-state index in [1.54, 1.807) is 0 Å². The highest BCUT2D eigenvalue weighted by molar-refractivity contribution is 5.98. The first-order valence-corrected chi connectivity index (χ1v) is 12.5. The van der Waals surface area contributed by atoms with E-state index in [1.807, 2.05) is 6.20 Å². The van der Waals surface area contributed by atoms with Gasteiger partial charge in [0, 0.05) is 48.5 Å². The van der Waals surface area contributed by atoms with Gasteiger partial charge in [-0.3, -0.25) is 4.90 Å². The SMILES string of the molecule is CCCc1cc2c(N[C@H]3CC[C@H](O)CC3)c(-c3ccc(CN4CCOCC4)cc3)cnc2[nH]1.Cl. The lowest BCUT2D eigenvalue weighted by Crippen LogP contribution is -2.35. The number of H-pyrrole nitrogens is 1. The zero-order valence-corrected chi connectivity index (χ0v) is 20.9. The molecule has 0 radical (unpaired) electrons. The van der Waals surface area contributed by atoms with Gasteiger partial charge >= 0.3 is 0 Å². The van der Waals surface area contributed by atoms with Crippen molar-refractivity contribution in [1.29, 1.82) is 0 Å². The van der Waals surface area contributed by atoms with Crippen LogP contribution in [0.5, 0.6) is 0 Å². The third-order valence-electron chi connectivity index (χ3n) is 7.05. The van der Waals surface area contributed by atoms with E-state index in [9.17, 15) is 5.11 Å². The highest BCUT2D eigenvalue weighted by atomic mass is 35.5. The molecule has 3 aromatic rings. The molecule has 1 saturated carbocycles. The van der Waals surface area contributed by atoms with Crippen LogP contribution < -0.4 is 5.32 Å². The number of hydrogen-bond donors (Lipinski definition) is 3. The number of aliphatic hydroxyl groups is 1. The number of morpholine rings is 1. The van der Waals surface area contributed by atoms with Crippen molar-refractivity contribution in [1.82, 2.24) is 14.9 Å². The van der Waals surface area contributed by atoms with Gasteiger partial charge in [0.1, 0.15) is 5.65 Å². The lowest BCUT2D eigenvalue weighted by atomic mass is 9.92. The molecule has 0 spiro atoms. The van der Waals surface area contributed by atoms with Gasteiger partial charge in [0.25, 0.3) is 0 Å². The van der Waals surface area contributed by atoms with E-state index < -0.39 is 0 Å². The maximum atomic E-state index is 9.95. The Labute approximate surface area is 208 Å². The summed E-state index contributed by atoms with van der Waals surface area (Å²) in [7, 11) is 0. The van der Waals surface area contributed by atoms with E-state index in [2.05, 4.69) is 52.5 Å². The number of aromatic amines is 1. The summed E-state index contributed by atoms with van der Waals surface area (Å²) in [4.78, 5) is 10.7. The van der Waals surface area contributed by atoms with Crippen LogP contribution in [0.15, 0.2) is 36.5 Å². The first kappa shape index (κ1) is 25.0. The van der Waals surface area contributed by atoms with E-state index in [1.165, 1.54) is 27.9 Å². The third-order valence-corrected chi connectivity index (χ3v) is 7.05. The molecule has 7 heteroatoms. The molecule has 184 valence electrons. The topological polar surface area (TPSA) is 73.4 Å². The molecule has 3 heterocycles. The normalized spacial score (nSPS) is 21.4. The molecular weight excluding hydrogens is 448 g/mol. The fraction of sp³-hybridized carbons (Fsp3) is 0.519. The Hall–Kier alpha value is -2.12. The number of ether oxygens (including phenoxy) is 1. The van der Waals surface area contributed by atoms with Crippen LogP contribution in [0, 0.1) is 0 Å². The third kappa shape index (κ3) is 5.74. The highest BCUT2D eigenvalue weighted by Gasteiger charge is 2.22. The molecule has 1 aliphatic carbocycles. The second kappa shape index (κ2) is 11.5. The van der Waals surface area contributed by atoms with Gasteiger partial charge in [0.05, 0.1) is 25.0 Å². The predicted octanol–water partition coefficient (Wildman–Crippen LogP) is 5.15. The number of anilines is 1. The van der Waals surface area contributed by atoms with Crippen molar-refractivity contribution in [2.45, 2.75) is 64.1 Å². The number of nitrogens with zero attached hydrogens (tertiary/aromatic N) is 2. The lowest BCUT2D eigenvalue weighted by molar-refractivity contribution is 0.0342. The van der Waals surface area contributed by atoms with E-state index in [0.29, 0.717) is 6.04 Å². The number of fused-ring (bicyclic) bond motifs is 1. The zero-order valence-electron chi connectivity index (χ0n) is 20.1. The van der Waals surface area contributed by atoms with E-state index in [4.69, 9.17) is 9.72 Å². The molecule has 5 rings (SSSR count). The molecule has 2 aliphatic rings. The summed E-state index contributed by atoms with van der Waals surface area (Å²) < 4.78 is 5.48. The van der Waals surface area contributed by atoms with Crippen LogP contribution in [-0.4, -0.2) is 58.4 Å². The van der Waals surface area contributed by atoms with Crippen LogP contribution in [0.25, 0.3) is 22.2 Å². The molecule has 0 unspecified atom stereocenters. The molecule has 1 aromatic carbocycles. The van der Waals surface area contributed by atoms with Crippen LogP contribution in [-0.2, 0) is 17.7 Å².